The zero-order valence-electron chi connectivity index (χ0n) is 10.7. The standard InChI is InChI=1S/C15H17NO3/c1-2-14(17)13-9-6-10-16(13)15(18)19-11-12-7-4-3-5-8-12/h2-5,7-8,13H,1,6,9-11H2/t13-/m0/s1. The molecule has 0 radical (unpaired) electrons. The van der Waals surface area contributed by atoms with Gasteiger partial charge in [-0.05, 0) is 24.5 Å². The number of hydrogen-bond acceptors (Lipinski definition) is 3. The van der Waals surface area contributed by atoms with Gasteiger partial charge >= 0.3 is 6.09 Å². The summed E-state index contributed by atoms with van der Waals surface area (Å²) in [5, 5.41) is 0. The Bertz CT molecular complexity index is 470. The van der Waals surface area contributed by atoms with E-state index in [1.165, 1.54) is 11.0 Å². The van der Waals surface area contributed by atoms with Gasteiger partial charge in [-0.2, -0.15) is 0 Å². The number of amides is 1. The number of hydrogen-bond donors (Lipinski definition) is 0. The molecule has 0 saturated carbocycles. The largest absolute Gasteiger partial charge is 0.445 e. The van der Waals surface area contributed by atoms with E-state index in [1.807, 2.05) is 30.3 Å². The van der Waals surface area contributed by atoms with Crippen molar-refractivity contribution in [2.75, 3.05) is 6.54 Å². The molecule has 1 aliphatic heterocycles. The summed E-state index contributed by atoms with van der Waals surface area (Å²) >= 11 is 0. The van der Waals surface area contributed by atoms with Crippen LogP contribution in [0.5, 0.6) is 0 Å². The average Bonchev–Trinajstić information content (AvgIpc) is 2.94. The van der Waals surface area contributed by atoms with Crippen molar-refractivity contribution in [3.8, 4) is 0 Å². The van der Waals surface area contributed by atoms with Crippen LogP contribution in [-0.4, -0.2) is 29.4 Å². The number of carbonyl (C=O) groups is 2. The second kappa shape index (κ2) is 6.18. The van der Waals surface area contributed by atoms with Gasteiger partial charge in [-0.25, -0.2) is 4.79 Å². The first-order valence-electron chi connectivity index (χ1n) is 6.36. The maximum atomic E-state index is 12.0. The van der Waals surface area contributed by atoms with E-state index in [4.69, 9.17) is 4.74 Å². The summed E-state index contributed by atoms with van der Waals surface area (Å²) < 4.78 is 5.24. The number of rotatable bonds is 4. The molecule has 0 aliphatic carbocycles. The van der Waals surface area contributed by atoms with Crippen LogP contribution in [-0.2, 0) is 16.1 Å². The Balaban J connectivity index is 1.92. The summed E-state index contributed by atoms with van der Waals surface area (Å²) in [5.74, 6) is -0.117. The molecule has 0 bridgehead atoms. The van der Waals surface area contributed by atoms with Crippen LogP contribution in [0, 0.1) is 0 Å². The van der Waals surface area contributed by atoms with Crippen molar-refractivity contribution >= 4 is 11.9 Å². The van der Waals surface area contributed by atoms with Crippen LogP contribution in [0.25, 0.3) is 0 Å². The second-order valence-electron chi connectivity index (χ2n) is 4.50. The Morgan fingerprint density at radius 2 is 2.11 bits per heavy atom. The Hall–Kier alpha value is -2.10. The van der Waals surface area contributed by atoms with E-state index in [-0.39, 0.29) is 12.4 Å². The van der Waals surface area contributed by atoms with Crippen LogP contribution in [0.3, 0.4) is 0 Å². The first-order chi connectivity index (χ1) is 9.22. The van der Waals surface area contributed by atoms with Gasteiger partial charge in [0.05, 0.1) is 6.04 Å². The minimum absolute atomic E-state index is 0.117. The molecule has 2 rings (SSSR count). The highest BCUT2D eigenvalue weighted by atomic mass is 16.6. The van der Waals surface area contributed by atoms with Crippen LogP contribution < -0.4 is 0 Å². The van der Waals surface area contributed by atoms with Gasteiger partial charge in [-0.1, -0.05) is 36.9 Å². The van der Waals surface area contributed by atoms with Crippen molar-refractivity contribution in [1.82, 2.24) is 4.90 Å². The maximum absolute atomic E-state index is 12.0. The molecule has 0 N–H and O–H groups in total. The molecule has 4 heteroatoms. The van der Waals surface area contributed by atoms with Crippen molar-refractivity contribution in [1.29, 1.82) is 0 Å². The van der Waals surface area contributed by atoms with Gasteiger partial charge < -0.3 is 4.74 Å². The molecule has 1 heterocycles. The summed E-state index contributed by atoms with van der Waals surface area (Å²) in [4.78, 5) is 25.1. The van der Waals surface area contributed by atoms with E-state index < -0.39 is 12.1 Å². The molecular weight excluding hydrogens is 242 g/mol. The lowest BCUT2D eigenvalue weighted by molar-refractivity contribution is -0.118. The van der Waals surface area contributed by atoms with Gasteiger partial charge in [0.2, 0.25) is 0 Å². The molecule has 1 atom stereocenters. The zero-order chi connectivity index (χ0) is 13.7. The van der Waals surface area contributed by atoms with Gasteiger partial charge in [0.25, 0.3) is 0 Å². The number of ketones is 1. The van der Waals surface area contributed by atoms with Crippen LogP contribution >= 0.6 is 0 Å². The van der Waals surface area contributed by atoms with Gasteiger partial charge in [0.1, 0.15) is 6.61 Å². The zero-order valence-corrected chi connectivity index (χ0v) is 10.7. The van der Waals surface area contributed by atoms with E-state index in [0.29, 0.717) is 13.0 Å². The van der Waals surface area contributed by atoms with Gasteiger partial charge in [-0.15, -0.1) is 0 Å². The number of ether oxygens (including phenoxy) is 1. The van der Waals surface area contributed by atoms with E-state index in [9.17, 15) is 9.59 Å². The lowest BCUT2D eigenvalue weighted by Gasteiger charge is -2.21. The quantitative estimate of drug-likeness (QED) is 0.781. The fourth-order valence-electron chi connectivity index (χ4n) is 2.22. The lowest BCUT2D eigenvalue weighted by Crippen LogP contribution is -2.40. The molecule has 1 amide bonds. The van der Waals surface area contributed by atoms with Gasteiger partial charge in [0, 0.05) is 6.54 Å². The first-order valence-corrected chi connectivity index (χ1v) is 6.36. The Morgan fingerprint density at radius 1 is 1.37 bits per heavy atom. The second-order valence-corrected chi connectivity index (χ2v) is 4.50. The van der Waals surface area contributed by atoms with Crippen molar-refractivity contribution in [2.24, 2.45) is 0 Å². The van der Waals surface area contributed by atoms with Crippen LogP contribution in [0.15, 0.2) is 43.0 Å². The highest BCUT2D eigenvalue weighted by Crippen LogP contribution is 2.19. The molecule has 1 aromatic rings. The summed E-state index contributed by atoms with van der Waals surface area (Å²) in [7, 11) is 0. The smallest absolute Gasteiger partial charge is 0.410 e. The maximum Gasteiger partial charge on any atom is 0.410 e. The van der Waals surface area contributed by atoms with E-state index in [2.05, 4.69) is 6.58 Å². The minimum atomic E-state index is -0.429. The third kappa shape index (κ3) is 3.22. The molecule has 0 unspecified atom stereocenters. The van der Waals surface area contributed by atoms with Crippen molar-refractivity contribution < 1.29 is 14.3 Å². The number of likely N-dealkylation sites (tertiary alicyclic amines) is 1. The molecule has 1 aliphatic rings. The van der Waals surface area contributed by atoms with Gasteiger partial charge in [0.15, 0.2) is 5.78 Å². The number of carbonyl (C=O) groups excluding carboxylic acids is 2. The van der Waals surface area contributed by atoms with Crippen molar-refractivity contribution in [3.63, 3.8) is 0 Å². The third-order valence-electron chi connectivity index (χ3n) is 3.22. The lowest BCUT2D eigenvalue weighted by atomic mass is 10.1. The summed E-state index contributed by atoms with van der Waals surface area (Å²) in [6.45, 7) is 4.26. The highest BCUT2D eigenvalue weighted by molar-refractivity contribution is 5.96. The molecule has 1 saturated heterocycles. The highest BCUT2D eigenvalue weighted by Gasteiger charge is 2.33. The fraction of sp³-hybridized carbons (Fsp3) is 0.333. The summed E-state index contributed by atoms with van der Waals surface area (Å²) in [6.07, 6.45) is 2.35. The first kappa shape index (κ1) is 13.3. The predicted octanol–water partition coefficient (Wildman–Crippen LogP) is 2.54. The van der Waals surface area contributed by atoms with Crippen molar-refractivity contribution in [2.45, 2.75) is 25.5 Å². The van der Waals surface area contributed by atoms with Gasteiger partial charge in [-0.3, -0.25) is 9.69 Å². The van der Waals surface area contributed by atoms with E-state index in [0.717, 1.165) is 12.0 Å². The molecule has 0 aromatic heterocycles. The van der Waals surface area contributed by atoms with Crippen LogP contribution in [0.1, 0.15) is 18.4 Å². The molecule has 1 aromatic carbocycles. The molecule has 1 fully saturated rings. The Kier molecular flexibility index (Phi) is 4.34. The number of nitrogens with zero attached hydrogens (tertiary/aromatic N) is 1. The van der Waals surface area contributed by atoms with Crippen LogP contribution in [0.4, 0.5) is 4.79 Å². The van der Waals surface area contributed by atoms with E-state index in [1.54, 1.807) is 0 Å². The molecule has 100 valence electrons. The average molecular weight is 259 g/mol. The summed E-state index contributed by atoms with van der Waals surface area (Å²) in [5.41, 5.74) is 0.932. The normalized spacial score (nSPS) is 18.1. The molecule has 0 spiro atoms. The van der Waals surface area contributed by atoms with Crippen molar-refractivity contribution in [3.05, 3.63) is 48.6 Å². The van der Waals surface area contributed by atoms with E-state index >= 15 is 0 Å². The monoisotopic (exact) mass is 259 g/mol. The SMILES string of the molecule is C=CC(=O)[C@@H]1CCCN1C(=O)OCc1ccccc1. The molecular formula is C15H17NO3. The number of benzene rings is 1. The minimum Gasteiger partial charge on any atom is -0.445 e. The Morgan fingerprint density at radius 3 is 2.79 bits per heavy atom. The fourth-order valence-corrected chi connectivity index (χ4v) is 2.22. The summed E-state index contributed by atoms with van der Waals surface area (Å²) in [6, 6.07) is 9.07. The topological polar surface area (TPSA) is 46.6 Å². The molecule has 19 heavy (non-hydrogen) atoms. The Labute approximate surface area is 112 Å². The predicted molar refractivity (Wildman–Crippen MR) is 71.6 cm³/mol. The molecule has 4 nitrogen and oxygen atoms in total. The third-order valence-corrected chi connectivity index (χ3v) is 3.22. The van der Waals surface area contributed by atoms with Crippen LogP contribution in [0.2, 0.25) is 0 Å².